The van der Waals surface area contributed by atoms with Gasteiger partial charge in [0, 0.05) is 17.1 Å². The molecule has 2 heterocycles. The van der Waals surface area contributed by atoms with E-state index >= 15 is 0 Å². The molecule has 0 atom stereocenters. The van der Waals surface area contributed by atoms with Gasteiger partial charge in [-0.3, -0.25) is 4.79 Å². The van der Waals surface area contributed by atoms with Crippen molar-refractivity contribution in [3.8, 4) is 11.4 Å². The van der Waals surface area contributed by atoms with Crippen molar-refractivity contribution >= 4 is 41.6 Å². The molecule has 1 amide bonds. The molecule has 0 saturated carbocycles. The van der Waals surface area contributed by atoms with Crippen LogP contribution in [0.3, 0.4) is 0 Å². The van der Waals surface area contributed by atoms with Gasteiger partial charge in [0.1, 0.15) is 5.76 Å². The first kappa shape index (κ1) is 20.9. The first-order chi connectivity index (χ1) is 14.1. The molecule has 150 valence electrons. The fourth-order valence-electron chi connectivity index (χ4n) is 2.50. The summed E-state index contributed by atoms with van der Waals surface area (Å²) in [5.41, 5.74) is 4.28. The number of rotatable bonds is 8. The third-order valence-corrected chi connectivity index (χ3v) is 5.06. The molecule has 7 nitrogen and oxygen atoms in total. The van der Waals surface area contributed by atoms with Crippen LogP contribution in [0.1, 0.15) is 19.6 Å². The maximum absolute atomic E-state index is 12.1. The first-order valence-electron chi connectivity index (χ1n) is 8.92. The summed E-state index contributed by atoms with van der Waals surface area (Å²) < 4.78 is 7.19. The molecule has 0 spiro atoms. The fourth-order valence-corrected chi connectivity index (χ4v) is 3.42. The Bertz CT molecular complexity index is 1010. The van der Waals surface area contributed by atoms with E-state index in [1.807, 2.05) is 60.9 Å². The smallest absolute Gasteiger partial charge is 0.250 e. The van der Waals surface area contributed by atoms with Crippen LogP contribution in [0.2, 0.25) is 5.02 Å². The summed E-state index contributed by atoms with van der Waals surface area (Å²) in [6.07, 6.45) is 4.99. The Morgan fingerprint density at radius 3 is 2.79 bits per heavy atom. The van der Waals surface area contributed by atoms with Gasteiger partial charge in [0.2, 0.25) is 0 Å². The van der Waals surface area contributed by atoms with E-state index in [9.17, 15) is 4.79 Å². The lowest BCUT2D eigenvalue weighted by atomic mass is 10.2. The van der Waals surface area contributed by atoms with Gasteiger partial charge in [-0.2, -0.15) is 5.10 Å². The average Bonchev–Trinajstić information content (AvgIpc) is 3.36. The molecule has 3 rings (SSSR count). The second kappa shape index (κ2) is 10.1. The number of hydrogen-bond acceptors (Lipinski definition) is 6. The molecule has 0 fully saturated rings. The van der Waals surface area contributed by atoms with Crippen LogP contribution in [0.15, 0.2) is 62.9 Å². The highest BCUT2D eigenvalue weighted by atomic mass is 35.5. The molecule has 1 N–H and O–H groups in total. The van der Waals surface area contributed by atoms with Gasteiger partial charge in [-0.15, -0.1) is 10.2 Å². The van der Waals surface area contributed by atoms with E-state index in [1.165, 1.54) is 11.8 Å². The highest BCUT2D eigenvalue weighted by Gasteiger charge is 2.14. The van der Waals surface area contributed by atoms with Crippen LogP contribution in [0.4, 0.5) is 0 Å². The second-order valence-corrected chi connectivity index (χ2v) is 7.42. The number of carbonyl (C=O) groups is 1. The summed E-state index contributed by atoms with van der Waals surface area (Å²) in [4.78, 5) is 12.1. The summed E-state index contributed by atoms with van der Waals surface area (Å²) >= 11 is 7.26. The Morgan fingerprint density at radius 1 is 1.31 bits per heavy atom. The van der Waals surface area contributed by atoms with Crippen molar-refractivity contribution in [2.75, 3.05) is 5.75 Å². The number of thioether (sulfide) groups is 1. The maximum Gasteiger partial charge on any atom is 0.250 e. The standard InChI is InChI=1S/C20H20ClN5O2S/c1-3-26-19(15-6-8-16(21)9-7-15)24-25-20(26)29-13-18(27)23-22-12-14(2)11-17-5-4-10-28-17/h4-12H,3,13H2,1-2H3,(H,23,27)/b14-11+,22-12+. The third-order valence-electron chi connectivity index (χ3n) is 3.84. The van der Waals surface area contributed by atoms with Gasteiger partial charge in [-0.25, -0.2) is 5.43 Å². The minimum absolute atomic E-state index is 0.178. The molecular weight excluding hydrogens is 410 g/mol. The Kier molecular flexibility index (Phi) is 7.26. The molecule has 9 heteroatoms. The Morgan fingerprint density at radius 2 is 2.10 bits per heavy atom. The summed E-state index contributed by atoms with van der Waals surface area (Å²) in [5, 5.41) is 13.8. The van der Waals surface area contributed by atoms with Crippen molar-refractivity contribution in [2.45, 2.75) is 25.5 Å². The summed E-state index contributed by atoms with van der Waals surface area (Å²) in [5.74, 6) is 1.42. The normalized spacial score (nSPS) is 11.9. The maximum atomic E-state index is 12.1. The molecule has 2 aromatic heterocycles. The molecule has 0 bridgehead atoms. The summed E-state index contributed by atoms with van der Waals surface area (Å²) in [7, 11) is 0. The Labute approximate surface area is 177 Å². The van der Waals surface area contributed by atoms with Gasteiger partial charge in [-0.05, 0) is 61.9 Å². The number of amides is 1. The van der Waals surface area contributed by atoms with Gasteiger partial charge in [0.25, 0.3) is 5.91 Å². The van der Waals surface area contributed by atoms with Crippen LogP contribution in [0.25, 0.3) is 17.5 Å². The van der Waals surface area contributed by atoms with Crippen LogP contribution in [0.5, 0.6) is 0 Å². The van der Waals surface area contributed by atoms with Crippen molar-refractivity contribution in [3.63, 3.8) is 0 Å². The third kappa shape index (κ3) is 5.82. The van der Waals surface area contributed by atoms with Crippen LogP contribution in [0, 0.1) is 0 Å². The molecule has 29 heavy (non-hydrogen) atoms. The zero-order chi connectivity index (χ0) is 20.6. The average molecular weight is 430 g/mol. The Balaban J connectivity index is 1.56. The van der Waals surface area contributed by atoms with E-state index < -0.39 is 0 Å². The molecule has 0 radical (unpaired) electrons. The molecule has 0 aliphatic heterocycles. The molecule has 0 aliphatic carbocycles. The number of hydrazone groups is 1. The van der Waals surface area contributed by atoms with Gasteiger partial charge in [-0.1, -0.05) is 23.4 Å². The topological polar surface area (TPSA) is 85.3 Å². The minimum Gasteiger partial charge on any atom is -0.465 e. The summed E-state index contributed by atoms with van der Waals surface area (Å²) in [6, 6.07) is 11.1. The van der Waals surface area contributed by atoms with Crippen molar-refractivity contribution < 1.29 is 9.21 Å². The highest BCUT2D eigenvalue weighted by Crippen LogP contribution is 2.25. The first-order valence-corrected chi connectivity index (χ1v) is 10.3. The monoisotopic (exact) mass is 429 g/mol. The van der Waals surface area contributed by atoms with Crippen molar-refractivity contribution in [1.29, 1.82) is 0 Å². The summed E-state index contributed by atoms with van der Waals surface area (Å²) in [6.45, 7) is 4.56. The van der Waals surface area contributed by atoms with Crippen LogP contribution in [-0.4, -0.2) is 32.6 Å². The molecule has 3 aromatic rings. The van der Waals surface area contributed by atoms with E-state index in [-0.39, 0.29) is 11.7 Å². The number of hydrogen-bond donors (Lipinski definition) is 1. The number of carbonyl (C=O) groups excluding carboxylic acids is 1. The number of nitrogens with zero attached hydrogens (tertiary/aromatic N) is 4. The number of nitrogens with one attached hydrogen (secondary N) is 1. The highest BCUT2D eigenvalue weighted by molar-refractivity contribution is 7.99. The zero-order valence-corrected chi connectivity index (χ0v) is 17.6. The number of allylic oxidation sites excluding steroid dienone is 1. The number of benzene rings is 1. The number of halogens is 1. The van der Waals surface area contributed by atoms with E-state index in [2.05, 4.69) is 20.7 Å². The van der Waals surface area contributed by atoms with E-state index in [4.69, 9.17) is 16.0 Å². The number of furan rings is 1. The predicted molar refractivity (Wildman–Crippen MR) is 116 cm³/mol. The van der Waals surface area contributed by atoms with Gasteiger partial charge < -0.3 is 8.98 Å². The molecule has 0 aliphatic rings. The molecular formula is C20H20ClN5O2S. The van der Waals surface area contributed by atoms with E-state index in [0.29, 0.717) is 16.7 Å². The minimum atomic E-state index is -0.226. The molecule has 0 unspecified atom stereocenters. The quantitative estimate of drug-likeness (QED) is 0.323. The van der Waals surface area contributed by atoms with Gasteiger partial charge in [0.05, 0.1) is 18.2 Å². The van der Waals surface area contributed by atoms with Gasteiger partial charge in [0.15, 0.2) is 11.0 Å². The van der Waals surface area contributed by atoms with Crippen molar-refractivity contribution in [1.82, 2.24) is 20.2 Å². The van der Waals surface area contributed by atoms with Crippen LogP contribution in [-0.2, 0) is 11.3 Å². The lowest BCUT2D eigenvalue weighted by molar-refractivity contribution is -0.118. The largest absolute Gasteiger partial charge is 0.465 e. The van der Waals surface area contributed by atoms with Crippen LogP contribution >= 0.6 is 23.4 Å². The number of aromatic nitrogens is 3. The van der Waals surface area contributed by atoms with E-state index in [1.54, 1.807) is 12.5 Å². The van der Waals surface area contributed by atoms with Crippen molar-refractivity contribution in [2.24, 2.45) is 5.10 Å². The van der Waals surface area contributed by atoms with Gasteiger partial charge >= 0.3 is 0 Å². The predicted octanol–water partition coefficient (Wildman–Crippen LogP) is 4.51. The lowest BCUT2D eigenvalue weighted by Crippen LogP contribution is -2.20. The fraction of sp³-hybridized carbons (Fsp3) is 0.200. The molecule has 0 saturated heterocycles. The zero-order valence-electron chi connectivity index (χ0n) is 16.0. The molecule has 1 aromatic carbocycles. The Hall–Kier alpha value is -2.84. The SMILES string of the molecule is CCn1c(SCC(=O)N/N=C/C(C)=C/c2ccco2)nnc1-c1ccc(Cl)cc1. The lowest BCUT2D eigenvalue weighted by Gasteiger charge is -2.07. The van der Waals surface area contributed by atoms with Crippen LogP contribution < -0.4 is 5.43 Å². The van der Waals surface area contributed by atoms with Crippen molar-refractivity contribution in [3.05, 3.63) is 59.0 Å². The second-order valence-electron chi connectivity index (χ2n) is 6.04. The van der Waals surface area contributed by atoms with E-state index in [0.717, 1.165) is 22.7 Å².